The van der Waals surface area contributed by atoms with Crippen LogP contribution in [0, 0.1) is 6.92 Å². The molecule has 5 aromatic rings. The van der Waals surface area contributed by atoms with Crippen LogP contribution in [0.2, 0.25) is 0 Å². The molecule has 0 fully saturated rings. The molecule has 9 nitrogen and oxygen atoms in total. The molecule has 1 atom stereocenters. The number of rotatable bonds is 5. The predicted octanol–water partition coefficient (Wildman–Crippen LogP) is 3.38. The summed E-state index contributed by atoms with van der Waals surface area (Å²) in [6, 6.07) is 5.70. The van der Waals surface area contributed by atoms with E-state index in [9.17, 15) is 4.79 Å². The highest BCUT2D eigenvalue weighted by Crippen LogP contribution is 2.32. The number of nitrogens with one attached hydrogen (secondary N) is 2. The Hall–Kier alpha value is -3.79. The third-order valence-corrected chi connectivity index (χ3v) is 6.09. The van der Waals surface area contributed by atoms with Crippen LogP contribution in [0.15, 0.2) is 49.3 Å². The molecule has 156 valence electrons. The van der Waals surface area contributed by atoms with E-state index in [0.717, 1.165) is 27.3 Å². The lowest BCUT2D eigenvalue weighted by Crippen LogP contribution is -2.27. The third kappa shape index (κ3) is 3.50. The number of thiophene rings is 1. The van der Waals surface area contributed by atoms with Gasteiger partial charge in [0.05, 0.1) is 34.6 Å². The molecule has 10 heteroatoms. The molecule has 0 unspecified atom stereocenters. The minimum absolute atomic E-state index is 0.210. The number of hydrogen-bond donors (Lipinski definition) is 2. The van der Waals surface area contributed by atoms with Crippen LogP contribution in [0.1, 0.15) is 34.0 Å². The van der Waals surface area contributed by atoms with E-state index in [1.54, 1.807) is 22.2 Å². The van der Waals surface area contributed by atoms with Crippen molar-refractivity contribution < 1.29 is 4.79 Å². The van der Waals surface area contributed by atoms with E-state index in [2.05, 4.69) is 49.6 Å². The number of carbonyl (C=O) groups is 1. The van der Waals surface area contributed by atoms with Crippen LogP contribution < -0.4 is 5.32 Å². The summed E-state index contributed by atoms with van der Waals surface area (Å²) in [6.07, 6.45) is 8.79. The first-order valence-electron chi connectivity index (χ1n) is 9.72. The summed E-state index contributed by atoms with van der Waals surface area (Å²) in [5.74, 6) is 0.386. The number of H-pyrrole nitrogens is 1. The van der Waals surface area contributed by atoms with Crippen LogP contribution in [-0.2, 0) is 7.05 Å². The van der Waals surface area contributed by atoms with Gasteiger partial charge >= 0.3 is 0 Å². The Bertz CT molecular complexity index is 1380. The summed E-state index contributed by atoms with van der Waals surface area (Å²) in [6.45, 7) is 3.93. The van der Waals surface area contributed by atoms with Crippen LogP contribution in [0.3, 0.4) is 0 Å². The van der Waals surface area contributed by atoms with Gasteiger partial charge in [-0.25, -0.2) is 9.97 Å². The molecule has 1 amide bonds. The molecule has 5 aromatic heterocycles. The summed E-state index contributed by atoms with van der Waals surface area (Å²) < 4.78 is 3.71. The smallest absolute Gasteiger partial charge is 0.253 e. The molecule has 0 radical (unpaired) electrons. The molecule has 0 aromatic carbocycles. The lowest BCUT2D eigenvalue weighted by Gasteiger charge is -2.13. The largest absolute Gasteiger partial charge is 0.342 e. The molecule has 0 aliphatic rings. The van der Waals surface area contributed by atoms with Gasteiger partial charge in [-0.1, -0.05) is 0 Å². The Balaban J connectivity index is 1.63. The van der Waals surface area contributed by atoms with Gasteiger partial charge in [-0.3, -0.25) is 19.0 Å². The fourth-order valence-corrected chi connectivity index (χ4v) is 4.39. The molecule has 0 bridgehead atoms. The van der Waals surface area contributed by atoms with Crippen LogP contribution in [0.25, 0.3) is 27.3 Å². The molecule has 5 heterocycles. The fraction of sp³-hybridized carbons (Fsp3) is 0.190. The molecule has 2 N–H and O–H groups in total. The van der Waals surface area contributed by atoms with Crippen LogP contribution in [0.4, 0.5) is 0 Å². The Morgan fingerprint density at radius 3 is 2.77 bits per heavy atom. The van der Waals surface area contributed by atoms with E-state index in [0.29, 0.717) is 11.4 Å². The van der Waals surface area contributed by atoms with Gasteiger partial charge in [-0.15, -0.1) is 11.3 Å². The maximum atomic E-state index is 13.1. The second-order valence-electron chi connectivity index (χ2n) is 7.36. The molecular formula is C21H20N8OS. The molecule has 0 aliphatic heterocycles. The highest BCUT2D eigenvalue weighted by molar-refractivity contribution is 7.15. The number of carbonyl (C=O) groups excluding carboxylic acids is 1. The van der Waals surface area contributed by atoms with E-state index in [1.165, 1.54) is 11.2 Å². The average Bonchev–Trinajstić information content (AvgIpc) is 3.54. The molecule has 0 saturated carbocycles. The number of aromatic nitrogens is 7. The van der Waals surface area contributed by atoms with Crippen LogP contribution >= 0.6 is 11.3 Å². The van der Waals surface area contributed by atoms with Crippen molar-refractivity contribution in [2.24, 2.45) is 7.05 Å². The predicted molar refractivity (Wildman–Crippen MR) is 118 cm³/mol. The van der Waals surface area contributed by atoms with Crippen molar-refractivity contribution in [1.82, 2.24) is 39.7 Å². The number of fused-ring (bicyclic) bond motifs is 1. The first kappa shape index (κ1) is 19.2. The number of hydrogen-bond acceptors (Lipinski definition) is 6. The first-order valence-corrected chi connectivity index (χ1v) is 10.5. The zero-order valence-corrected chi connectivity index (χ0v) is 18.0. The molecule has 0 aliphatic carbocycles. The lowest BCUT2D eigenvalue weighted by molar-refractivity contribution is 0.0938. The summed E-state index contributed by atoms with van der Waals surface area (Å²) in [5, 5.41) is 13.9. The van der Waals surface area contributed by atoms with E-state index in [-0.39, 0.29) is 11.9 Å². The summed E-state index contributed by atoms with van der Waals surface area (Å²) in [7, 11) is 1.86. The summed E-state index contributed by atoms with van der Waals surface area (Å²) >= 11 is 1.69. The second kappa shape index (κ2) is 7.47. The number of pyridine rings is 1. The molecule has 31 heavy (non-hydrogen) atoms. The van der Waals surface area contributed by atoms with E-state index in [4.69, 9.17) is 0 Å². The highest BCUT2D eigenvalue weighted by Gasteiger charge is 2.19. The second-order valence-corrected chi connectivity index (χ2v) is 8.65. The molecule has 0 saturated heterocycles. The minimum atomic E-state index is -0.310. The van der Waals surface area contributed by atoms with Gasteiger partial charge in [0.15, 0.2) is 0 Å². The fourth-order valence-electron chi connectivity index (χ4n) is 3.51. The van der Waals surface area contributed by atoms with Crippen molar-refractivity contribution in [2.45, 2.75) is 19.9 Å². The van der Waals surface area contributed by atoms with Gasteiger partial charge in [0.2, 0.25) is 0 Å². The van der Waals surface area contributed by atoms with Crippen LogP contribution in [-0.4, -0.2) is 40.3 Å². The van der Waals surface area contributed by atoms with Gasteiger partial charge in [-0.05, 0) is 32.0 Å². The highest BCUT2D eigenvalue weighted by atomic mass is 32.1. The van der Waals surface area contributed by atoms with Gasteiger partial charge < -0.3 is 5.32 Å². The van der Waals surface area contributed by atoms with Gasteiger partial charge in [0.1, 0.15) is 17.8 Å². The Morgan fingerprint density at radius 2 is 2.10 bits per heavy atom. The van der Waals surface area contributed by atoms with Gasteiger partial charge in [-0.2, -0.15) is 10.2 Å². The minimum Gasteiger partial charge on any atom is -0.342 e. The number of aryl methyl sites for hydroxylation is 2. The van der Waals surface area contributed by atoms with Crippen LogP contribution in [0.5, 0.6) is 0 Å². The lowest BCUT2D eigenvalue weighted by atomic mass is 10.1. The van der Waals surface area contributed by atoms with Crippen molar-refractivity contribution in [3.05, 3.63) is 65.6 Å². The van der Waals surface area contributed by atoms with Crippen molar-refractivity contribution in [3.8, 4) is 21.7 Å². The number of aromatic amines is 1. The normalized spacial score (nSPS) is 12.4. The van der Waals surface area contributed by atoms with Crippen molar-refractivity contribution >= 4 is 22.9 Å². The number of amides is 1. The third-order valence-electron chi connectivity index (χ3n) is 5.07. The summed E-state index contributed by atoms with van der Waals surface area (Å²) in [4.78, 5) is 24.2. The topological polar surface area (TPSA) is 106 Å². The Morgan fingerprint density at radius 1 is 1.23 bits per heavy atom. The zero-order valence-electron chi connectivity index (χ0n) is 17.2. The standard InChI is InChI=1S/C21H20N8OS/c1-12-4-5-18(31-12)17-8-22-20-16(15-7-25-28(3)9-15)6-14(10-29(17)20)21(30)26-13(2)19-23-11-24-27-19/h4-11,13H,1-3H3,(H,26,30)(H,23,24,27)/t13-/m0/s1. The van der Waals surface area contributed by atoms with E-state index >= 15 is 0 Å². The zero-order chi connectivity index (χ0) is 21.5. The summed E-state index contributed by atoms with van der Waals surface area (Å²) in [5.41, 5.74) is 3.97. The van der Waals surface area contributed by atoms with E-state index < -0.39 is 0 Å². The van der Waals surface area contributed by atoms with Crippen molar-refractivity contribution in [2.75, 3.05) is 0 Å². The SMILES string of the molecule is Cc1ccc(-c2cnc3c(-c4cnn(C)c4)cc(C(=O)N[C@@H](C)c4ncn[nH]4)cn23)s1. The quantitative estimate of drug-likeness (QED) is 0.443. The van der Waals surface area contributed by atoms with E-state index in [1.807, 2.05) is 43.0 Å². The monoisotopic (exact) mass is 432 g/mol. The van der Waals surface area contributed by atoms with Gasteiger partial charge in [0, 0.05) is 35.4 Å². The number of nitrogens with zero attached hydrogens (tertiary/aromatic N) is 6. The van der Waals surface area contributed by atoms with Crippen molar-refractivity contribution in [3.63, 3.8) is 0 Å². The first-order chi connectivity index (χ1) is 15.0. The van der Waals surface area contributed by atoms with Crippen molar-refractivity contribution in [1.29, 1.82) is 0 Å². The average molecular weight is 433 g/mol. The molecule has 0 spiro atoms. The molecular weight excluding hydrogens is 412 g/mol. The van der Waals surface area contributed by atoms with Gasteiger partial charge in [0.25, 0.3) is 5.91 Å². The maximum Gasteiger partial charge on any atom is 0.253 e. The Kier molecular flexibility index (Phi) is 4.63. The Labute approximate surface area is 181 Å². The maximum absolute atomic E-state index is 13.1. The number of imidazole rings is 1. The molecule has 5 rings (SSSR count).